The first-order valence-corrected chi connectivity index (χ1v) is 8.63. The number of pyridine rings is 2. The number of aryl methyl sites for hydroxylation is 3. The summed E-state index contributed by atoms with van der Waals surface area (Å²) in [5.74, 6) is 0.300. The third-order valence-electron chi connectivity index (χ3n) is 4.50. The van der Waals surface area contributed by atoms with Gasteiger partial charge >= 0.3 is 0 Å². The van der Waals surface area contributed by atoms with E-state index in [2.05, 4.69) is 49.5 Å². The molecular weight excluding hydrogens is 298 g/mol. The number of hydrogen-bond acceptors (Lipinski definition) is 2. The Morgan fingerprint density at radius 3 is 2.58 bits per heavy atom. The molecule has 0 atom stereocenters. The van der Waals surface area contributed by atoms with Crippen LogP contribution in [0.1, 0.15) is 49.9 Å². The highest BCUT2D eigenvalue weighted by atomic mass is 16.1. The topological polar surface area (TPSA) is 50.7 Å². The van der Waals surface area contributed by atoms with Gasteiger partial charge in [0.05, 0.1) is 22.3 Å². The van der Waals surface area contributed by atoms with Crippen molar-refractivity contribution in [2.24, 2.45) is 0 Å². The summed E-state index contributed by atoms with van der Waals surface area (Å²) < 4.78 is 2.25. The predicted octanol–water partition coefficient (Wildman–Crippen LogP) is 4.54. The fourth-order valence-corrected chi connectivity index (χ4v) is 3.18. The molecule has 0 unspecified atom stereocenters. The first-order valence-electron chi connectivity index (χ1n) is 8.63. The Hall–Kier alpha value is -2.36. The molecule has 0 radical (unpaired) electrons. The van der Waals surface area contributed by atoms with Crippen molar-refractivity contribution in [2.75, 3.05) is 0 Å². The first-order chi connectivity index (χ1) is 11.4. The molecular formula is C20H25N3O. The zero-order valence-electron chi connectivity index (χ0n) is 15.1. The van der Waals surface area contributed by atoms with Crippen LogP contribution in [0.15, 0.2) is 29.2 Å². The number of nitrogens with one attached hydrogen (secondary N) is 1. The van der Waals surface area contributed by atoms with E-state index in [1.807, 2.05) is 19.1 Å². The highest BCUT2D eigenvalue weighted by Gasteiger charge is 2.14. The van der Waals surface area contributed by atoms with Gasteiger partial charge in [-0.05, 0) is 55.5 Å². The third kappa shape index (κ3) is 2.77. The van der Waals surface area contributed by atoms with Crippen LogP contribution in [0.4, 0.5) is 0 Å². The van der Waals surface area contributed by atoms with Crippen molar-refractivity contribution in [3.05, 3.63) is 51.6 Å². The van der Waals surface area contributed by atoms with Gasteiger partial charge in [-0.15, -0.1) is 0 Å². The van der Waals surface area contributed by atoms with E-state index in [0.717, 1.165) is 46.5 Å². The van der Waals surface area contributed by atoms with E-state index < -0.39 is 0 Å². The average molecular weight is 323 g/mol. The Morgan fingerprint density at radius 1 is 1.21 bits per heavy atom. The second-order valence-electron chi connectivity index (χ2n) is 6.84. The first kappa shape index (κ1) is 16.5. The summed E-state index contributed by atoms with van der Waals surface area (Å²) in [6, 6.07) is 6.03. The van der Waals surface area contributed by atoms with Gasteiger partial charge in [0.2, 0.25) is 0 Å². The van der Waals surface area contributed by atoms with Gasteiger partial charge in [-0.25, -0.2) is 4.98 Å². The molecule has 3 rings (SSSR count). The van der Waals surface area contributed by atoms with Crippen molar-refractivity contribution >= 4 is 11.0 Å². The summed E-state index contributed by atoms with van der Waals surface area (Å²) in [6.45, 7) is 11.4. The van der Waals surface area contributed by atoms with E-state index in [0.29, 0.717) is 11.5 Å². The van der Waals surface area contributed by atoms with E-state index >= 15 is 0 Å². The zero-order chi connectivity index (χ0) is 17.4. The van der Waals surface area contributed by atoms with Crippen molar-refractivity contribution in [3.63, 3.8) is 0 Å². The molecule has 3 aromatic heterocycles. The molecule has 0 bridgehead atoms. The van der Waals surface area contributed by atoms with Gasteiger partial charge in [0.25, 0.3) is 5.56 Å². The Morgan fingerprint density at radius 2 is 1.96 bits per heavy atom. The van der Waals surface area contributed by atoms with Gasteiger partial charge in [0.1, 0.15) is 0 Å². The van der Waals surface area contributed by atoms with Gasteiger partial charge in [-0.3, -0.25) is 4.79 Å². The molecule has 3 aromatic rings. The normalized spacial score (nSPS) is 11.6. The molecule has 0 saturated heterocycles. The molecule has 0 aliphatic heterocycles. The molecule has 0 saturated carbocycles. The van der Waals surface area contributed by atoms with E-state index in [-0.39, 0.29) is 5.56 Å². The molecule has 0 fully saturated rings. The third-order valence-corrected chi connectivity index (χ3v) is 4.50. The van der Waals surface area contributed by atoms with E-state index in [1.165, 1.54) is 0 Å². The Kier molecular flexibility index (Phi) is 4.31. The standard InChI is InChI=1S/C20H25N3O/c1-6-9-23-11-14(5)19-17(23)10-13(4)18(22-19)15-7-8-16(12(2)3)21-20(15)24/h7-8,10-12H,6,9H2,1-5H3,(H,21,24). The van der Waals surface area contributed by atoms with Crippen LogP contribution >= 0.6 is 0 Å². The Bertz CT molecular complexity index is 947. The lowest BCUT2D eigenvalue weighted by atomic mass is 10.0. The van der Waals surface area contributed by atoms with E-state index in [9.17, 15) is 4.79 Å². The average Bonchev–Trinajstić information content (AvgIpc) is 2.82. The fourth-order valence-electron chi connectivity index (χ4n) is 3.18. The van der Waals surface area contributed by atoms with Crippen molar-refractivity contribution < 1.29 is 0 Å². The second-order valence-corrected chi connectivity index (χ2v) is 6.84. The number of H-pyrrole nitrogens is 1. The molecule has 0 spiro atoms. The van der Waals surface area contributed by atoms with Gasteiger partial charge < -0.3 is 9.55 Å². The molecule has 0 aromatic carbocycles. The van der Waals surface area contributed by atoms with Crippen molar-refractivity contribution in [2.45, 2.75) is 53.5 Å². The number of hydrogen-bond donors (Lipinski definition) is 1. The van der Waals surface area contributed by atoms with Crippen LogP contribution in [0.3, 0.4) is 0 Å². The fraction of sp³-hybridized carbons (Fsp3) is 0.400. The number of aromatic amines is 1. The van der Waals surface area contributed by atoms with Gasteiger partial charge in [0.15, 0.2) is 0 Å². The summed E-state index contributed by atoms with van der Waals surface area (Å²) in [5.41, 5.74) is 6.60. The van der Waals surface area contributed by atoms with Crippen LogP contribution in [0, 0.1) is 13.8 Å². The maximum Gasteiger partial charge on any atom is 0.257 e. The highest BCUT2D eigenvalue weighted by molar-refractivity contribution is 5.84. The molecule has 0 amide bonds. The summed E-state index contributed by atoms with van der Waals surface area (Å²) in [4.78, 5) is 20.4. The maximum atomic E-state index is 12.5. The van der Waals surface area contributed by atoms with Gasteiger partial charge in [0, 0.05) is 18.4 Å². The summed E-state index contributed by atoms with van der Waals surface area (Å²) in [7, 11) is 0. The van der Waals surface area contributed by atoms with Crippen LogP contribution in [0.5, 0.6) is 0 Å². The smallest absolute Gasteiger partial charge is 0.257 e. The minimum absolute atomic E-state index is 0.0678. The number of nitrogens with zero attached hydrogens (tertiary/aromatic N) is 2. The summed E-state index contributed by atoms with van der Waals surface area (Å²) >= 11 is 0. The van der Waals surface area contributed by atoms with Crippen LogP contribution in [0.2, 0.25) is 0 Å². The van der Waals surface area contributed by atoms with Gasteiger partial charge in [-0.2, -0.15) is 0 Å². The van der Waals surface area contributed by atoms with Crippen molar-refractivity contribution in [1.29, 1.82) is 0 Å². The minimum Gasteiger partial charge on any atom is -0.346 e. The second kappa shape index (κ2) is 6.27. The SMILES string of the molecule is CCCn1cc(C)c2nc(-c3ccc(C(C)C)[nH]c3=O)c(C)cc21. The molecule has 1 N–H and O–H groups in total. The van der Waals surface area contributed by atoms with E-state index in [1.54, 1.807) is 0 Å². The molecule has 4 nitrogen and oxygen atoms in total. The number of rotatable bonds is 4. The monoisotopic (exact) mass is 323 g/mol. The molecule has 0 aliphatic carbocycles. The molecule has 3 heterocycles. The van der Waals surface area contributed by atoms with Crippen LogP contribution in [-0.2, 0) is 6.54 Å². The minimum atomic E-state index is -0.0678. The van der Waals surface area contributed by atoms with Crippen molar-refractivity contribution in [3.8, 4) is 11.3 Å². The zero-order valence-corrected chi connectivity index (χ0v) is 15.1. The lowest BCUT2D eigenvalue weighted by molar-refractivity contribution is 0.702. The quantitative estimate of drug-likeness (QED) is 0.766. The van der Waals surface area contributed by atoms with Crippen LogP contribution in [0.25, 0.3) is 22.3 Å². The predicted molar refractivity (Wildman–Crippen MR) is 99.6 cm³/mol. The molecule has 24 heavy (non-hydrogen) atoms. The van der Waals surface area contributed by atoms with Gasteiger partial charge in [-0.1, -0.05) is 20.8 Å². The number of aromatic nitrogens is 3. The summed E-state index contributed by atoms with van der Waals surface area (Å²) in [6.07, 6.45) is 3.23. The van der Waals surface area contributed by atoms with E-state index in [4.69, 9.17) is 4.98 Å². The molecule has 126 valence electrons. The summed E-state index contributed by atoms with van der Waals surface area (Å²) in [5, 5.41) is 0. The highest BCUT2D eigenvalue weighted by Crippen LogP contribution is 2.27. The van der Waals surface area contributed by atoms with Crippen LogP contribution < -0.4 is 5.56 Å². The maximum absolute atomic E-state index is 12.5. The lowest BCUT2D eigenvalue weighted by Crippen LogP contribution is -2.13. The Labute approximate surface area is 142 Å². The van der Waals surface area contributed by atoms with Crippen LogP contribution in [-0.4, -0.2) is 14.5 Å². The number of fused-ring (bicyclic) bond motifs is 1. The largest absolute Gasteiger partial charge is 0.346 e. The Balaban J connectivity index is 2.19. The molecule has 4 heteroatoms. The lowest BCUT2D eigenvalue weighted by Gasteiger charge is -2.10. The van der Waals surface area contributed by atoms with Crippen molar-refractivity contribution in [1.82, 2.24) is 14.5 Å². The molecule has 0 aliphatic rings.